The van der Waals surface area contributed by atoms with Crippen molar-refractivity contribution in [3.05, 3.63) is 96.6 Å². The van der Waals surface area contributed by atoms with Gasteiger partial charge in [-0.3, -0.25) is 0 Å². The maximum atomic E-state index is 7.48. The Morgan fingerprint density at radius 1 is 0.806 bits per heavy atom. The SMILES string of the molecule is CC(C)(C)[Si](O[C@H]1CCCN[C@@H]1Cc1ccccc1)(c1ccccc1)c1ccccc1. The Balaban J connectivity index is 1.76. The van der Waals surface area contributed by atoms with Crippen molar-refractivity contribution in [3.63, 3.8) is 0 Å². The molecular weight excluding hydrogens is 394 g/mol. The van der Waals surface area contributed by atoms with Crippen LogP contribution in [0.15, 0.2) is 91.0 Å². The van der Waals surface area contributed by atoms with E-state index in [2.05, 4.69) is 117 Å². The maximum Gasteiger partial charge on any atom is 0.261 e. The molecule has 0 unspecified atom stereocenters. The minimum absolute atomic E-state index is 0.00442. The summed E-state index contributed by atoms with van der Waals surface area (Å²) in [6.07, 6.45) is 3.47. The topological polar surface area (TPSA) is 21.3 Å². The zero-order valence-electron chi connectivity index (χ0n) is 19.1. The Morgan fingerprint density at radius 3 is 1.84 bits per heavy atom. The molecule has 1 aliphatic heterocycles. The van der Waals surface area contributed by atoms with Crippen LogP contribution in [-0.4, -0.2) is 27.0 Å². The quantitative estimate of drug-likeness (QED) is 0.561. The Kier molecular flexibility index (Phi) is 6.76. The summed E-state index contributed by atoms with van der Waals surface area (Å²) in [4.78, 5) is 0. The number of hydrogen-bond donors (Lipinski definition) is 1. The van der Waals surface area contributed by atoms with E-state index in [1.165, 1.54) is 15.9 Å². The second kappa shape index (κ2) is 9.52. The average molecular weight is 430 g/mol. The molecule has 3 aromatic rings. The molecule has 2 nitrogen and oxygen atoms in total. The van der Waals surface area contributed by atoms with E-state index in [0.717, 1.165) is 25.8 Å². The predicted molar refractivity (Wildman–Crippen MR) is 134 cm³/mol. The van der Waals surface area contributed by atoms with E-state index < -0.39 is 8.32 Å². The van der Waals surface area contributed by atoms with E-state index in [4.69, 9.17) is 4.43 Å². The summed E-state index contributed by atoms with van der Waals surface area (Å²) in [7, 11) is -2.54. The first-order chi connectivity index (χ1) is 15.0. The molecule has 1 N–H and O–H groups in total. The summed E-state index contributed by atoms with van der Waals surface area (Å²) in [5, 5.41) is 6.51. The van der Waals surface area contributed by atoms with E-state index >= 15 is 0 Å². The average Bonchev–Trinajstić information content (AvgIpc) is 2.79. The number of piperidine rings is 1. The van der Waals surface area contributed by atoms with E-state index in [-0.39, 0.29) is 11.1 Å². The largest absolute Gasteiger partial charge is 0.403 e. The fourth-order valence-electron chi connectivity index (χ4n) is 5.05. The van der Waals surface area contributed by atoms with Gasteiger partial charge in [-0.2, -0.15) is 0 Å². The van der Waals surface area contributed by atoms with E-state index in [0.29, 0.717) is 6.04 Å². The van der Waals surface area contributed by atoms with Crippen molar-refractivity contribution in [2.75, 3.05) is 6.54 Å². The van der Waals surface area contributed by atoms with Gasteiger partial charge >= 0.3 is 0 Å². The highest BCUT2D eigenvalue weighted by molar-refractivity contribution is 6.99. The summed E-state index contributed by atoms with van der Waals surface area (Å²) < 4.78 is 7.48. The second-order valence-electron chi connectivity index (χ2n) is 9.71. The van der Waals surface area contributed by atoms with Crippen molar-refractivity contribution < 1.29 is 4.43 Å². The molecule has 3 aromatic carbocycles. The van der Waals surface area contributed by atoms with Crippen LogP contribution in [0.2, 0.25) is 5.04 Å². The predicted octanol–water partition coefficient (Wildman–Crippen LogP) is 4.93. The highest BCUT2D eigenvalue weighted by atomic mass is 28.4. The van der Waals surface area contributed by atoms with Crippen molar-refractivity contribution in [1.29, 1.82) is 0 Å². The van der Waals surface area contributed by atoms with E-state index in [1.807, 2.05) is 0 Å². The van der Waals surface area contributed by atoms with Gasteiger partial charge in [-0.15, -0.1) is 0 Å². The lowest BCUT2D eigenvalue weighted by Crippen LogP contribution is -2.69. The number of hydrogen-bond acceptors (Lipinski definition) is 2. The maximum absolute atomic E-state index is 7.48. The van der Waals surface area contributed by atoms with Gasteiger partial charge in [0.05, 0.1) is 6.10 Å². The van der Waals surface area contributed by atoms with Crippen LogP contribution in [0.4, 0.5) is 0 Å². The molecule has 2 atom stereocenters. The molecule has 0 bridgehead atoms. The highest BCUT2D eigenvalue weighted by Gasteiger charge is 2.52. The zero-order chi connectivity index (χ0) is 21.7. The molecule has 0 aromatic heterocycles. The summed E-state index contributed by atoms with van der Waals surface area (Å²) in [6.45, 7) is 8.16. The summed E-state index contributed by atoms with van der Waals surface area (Å²) in [6, 6.07) is 33.2. The number of rotatable bonds is 6. The lowest BCUT2D eigenvalue weighted by Gasteiger charge is -2.47. The molecule has 0 saturated carbocycles. The third kappa shape index (κ3) is 4.69. The van der Waals surface area contributed by atoms with Crippen LogP contribution in [0.3, 0.4) is 0 Å². The Bertz CT molecular complexity index is 898. The lowest BCUT2D eigenvalue weighted by molar-refractivity contribution is 0.109. The molecule has 31 heavy (non-hydrogen) atoms. The minimum Gasteiger partial charge on any atom is -0.403 e. The van der Waals surface area contributed by atoms with Gasteiger partial charge in [0, 0.05) is 6.04 Å². The van der Waals surface area contributed by atoms with Gasteiger partial charge < -0.3 is 9.74 Å². The highest BCUT2D eigenvalue weighted by Crippen LogP contribution is 2.38. The van der Waals surface area contributed by atoms with Crippen molar-refractivity contribution in [3.8, 4) is 0 Å². The first kappa shape index (κ1) is 22.0. The molecule has 4 rings (SSSR count). The summed E-state index contributed by atoms with van der Waals surface area (Å²) >= 11 is 0. The van der Waals surface area contributed by atoms with Crippen LogP contribution in [0, 0.1) is 0 Å². The van der Waals surface area contributed by atoms with Gasteiger partial charge in [-0.1, -0.05) is 112 Å². The van der Waals surface area contributed by atoms with Gasteiger partial charge in [0.25, 0.3) is 8.32 Å². The van der Waals surface area contributed by atoms with Gasteiger partial charge in [-0.05, 0) is 46.8 Å². The third-order valence-corrected chi connectivity index (χ3v) is 11.6. The number of benzene rings is 3. The molecule has 3 heteroatoms. The fraction of sp³-hybridized carbons (Fsp3) is 0.357. The fourth-order valence-corrected chi connectivity index (χ4v) is 9.81. The molecule has 1 aliphatic rings. The Hall–Kier alpha value is -2.20. The second-order valence-corrected chi connectivity index (χ2v) is 14.0. The van der Waals surface area contributed by atoms with E-state index in [1.54, 1.807) is 0 Å². The van der Waals surface area contributed by atoms with Crippen LogP contribution in [0.5, 0.6) is 0 Å². The summed E-state index contributed by atoms with van der Waals surface area (Å²) in [5.41, 5.74) is 1.37. The normalized spacial score (nSPS) is 19.8. The van der Waals surface area contributed by atoms with Crippen LogP contribution < -0.4 is 15.7 Å². The molecule has 0 aliphatic carbocycles. The van der Waals surface area contributed by atoms with Crippen LogP contribution >= 0.6 is 0 Å². The molecule has 0 radical (unpaired) electrons. The van der Waals surface area contributed by atoms with Gasteiger partial charge in [0.1, 0.15) is 0 Å². The smallest absolute Gasteiger partial charge is 0.261 e. The minimum atomic E-state index is -2.54. The van der Waals surface area contributed by atoms with Crippen molar-refractivity contribution in [1.82, 2.24) is 5.32 Å². The van der Waals surface area contributed by atoms with Gasteiger partial charge in [0.2, 0.25) is 0 Å². The molecule has 0 spiro atoms. The molecule has 1 saturated heterocycles. The lowest BCUT2D eigenvalue weighted by atomic mass is 9.95. The Morgan fingerprint density at radius 2 is 1.32 bits per heavy atom. The first-order valence-electron chi connectivity index (χ1n) is 11.6. The van der Waals surface area contributed by atoms with Crippen LogP contribution in [0.25, 0.3) is 0 Å². The third-order valence-electron chi connectivity index (χ3n) is 6.56. The zero-order valence-corrected chi connectivity index (χ0v) is 20.1. The molecule has 0 amide bonds. The molecule has 1 heterocycles. The number of nitrogens with one attached hydrogen (secondary N) is 1. The molecule has 162 valence electrons. The first-order valence-corrected chi connectivity index (χ1v) is 13.5. The standard InChI is InChI=1S/C28H35NOSi/c1-28(2,3)31(24-16-9-5-10-17-24,25-18-11-6-12-19-25)30-27-20-13-21-29-26(27)22-23-14-7-4-8-15-23/h4-12,14-19,26-27,29H,13,20-22H2,1-3H3/t26-,27+/m1/s1. The summed E-state index contributed by atoms with van der Waals surface area (Å²) in [5.74, 6) is 0. The monoisotopic (exact) mass is 429 g/mol. The van der Waals surface area contributed by atoms with Crippen molar-refractivity contribution in [2.24, 2.45) is 0 Å². The molecule has 1 fully saturated rings. The van der Waals surface area contributed by atoms with Crippen molar-refractivity contribution in [2.45, 2.75) is 57.2 Å². The van der Waals surface area contributed by atoms with Crippen LogP contribution in [-0.2, 0) is 10.8 Å². The van der Waals surface area contributed by atoms with Crippen molar-refractivity contribution >= 4 is 18.7 Å². The van der Waals surface area contributed by atoms with Crippen LogP contribution in [0.1, 0.15) is 39.2 Å². The molecular formula is C28H35NOSi. The Labute approximate surface area is 188 Å². The van der Waals surface area contributed by atoms with Gasteiger partial charge in [0.15, 0.2) is 0 Å². The van der Waals surface area contributed by atoms with Gasteiger partial charge in [-0.25, -0.2) is 0 Å². The van der Waals surface area contributed by atoms with E-state index in [9.17, 15) is 0 Å².